The van der Waals surface area contributed by atoms with Gasteiger partial charge in [-0.05, 0) is 12.1 Å². The number of aromatic nitrogens is 2. The average Bonchev–Trinajstić information content (AvgIpc) is 2.69. The zero-order valence-electron chi connectivity index (χ0n) is 10.4. The molecule has 0 aliphatic rings. The highest BCUT2D eigenvalue weighted by atomic mass is 19.4. The molecular weight excluding hydrogens is 273 g/mol. The summed E-state index contributed by atoms with van der Waals surface area (Å²) in [5, 5.41) is 6.11. The SMILES string of the molecule is Cn1ncc(N)c1NC(=O)c1ccccc1C(F)(F)F. The summed E-state index contributed by atoms with van der Waals surface area (Å²) >= 11 is 0. The van der Waals surface area contributed by atoms with Crippen molar-refractivity contribution in [3.05, 3.63) is 41.6 Å². The number of carbonyl (C=O) groups is 1. The molecule has 20 heavy (non-hydrogen) atoms. The van der Waals surface area contributed by atoms with Crippen LogP contribution >= 0.6 is 0 Å². The Kier molecular flexibility index (Phi) is 3.39. The van der Waals surface area contributed by atoms with E-state index in [9.17, 15) is 18.0 Å². The van der Waals surface area contributed by atoms with Crippen LogP contribution in [0.5, 0.6) is 0 Å². The number of amides is 1. The Bertz CT molecular complexity index is 629. The van der Waals surface area contributed by atoms with Crippen molar-refractivity contribution in [3.8, 4) is 0 Å². The lowest BCUT2D eigenvalue weighted by Gasteiger charge is -2.13. The fraction of sp³-hybridized carbons (Fsp3) is 0.167. The molecule has 0 aliphatic carbocycles. The molecule has 0 saturated heterocycles. The van der Waals surface area contributed by atoms with Crippen molar-refractivity contribution in [2.24, 2.45) is 7.05 Å². The van der Waals surface area contributed by atoms with Crippen molar-refractivity contribution in [2.45, 2.75) is 6.18 Å². The summed E-state index contributed by atoms with van der Waals surface area (Å²) in [7, 11) is 1.52. The van der Waals surface area contributed by atoms with Gasteiger partial charge in [0.1, 0.15) is 0 Å². The van der Waals surface area contributed by atoms with E-state index in [1.54, 1.807) is 0 Å². The van der Waals surface area contributed by atoms with Crippen LogP contribution in [0.25, 0.3) is 0 Å². The number of alkyl halides is 3. The van der Waals surface area contributed by atoms with Gasteiger partial charge in [0.05, 0.1) is 23.0 Å². The molecule has 0 bridgehead atoms. The molecular formula is C12H11F3N4O. The third-order valence-corrected chi connectivity index (χ3v) is 2.68. The Hall–Kier alpha value is -2.51. The molecule has 0 spiro atoms. The smallest absolute Gasteiger partial charge is 0.394 e. The van der Waals surface area contributed by atoms with E-state index in [2.05, 4.69) is 10.4 Å². The summed E-state index contributed by atoms with van der Waals surface area (Å²) in [4.78, 5) is 12.0. The fourth-order valence-electron chi connectivity index (χ4n) is 1.71. The second kappa shape index (κ2) is 4.87. The van der Waals surface area contributed by atoms with E-state index >= 15 is 0 Å². The monoisotopic (exact) mass is 284 g/mol. The van der Waals surface area contributed by atoms with Crippen LogP contribution in [0, 0.1) is 0 Å². The maximum absolute atomic E-state index is 12.8. The highest BCUT2D eigenvalue weighted by molar-refractivity contribution is 6.06. The lowest BCUT2D eigenvalue weighted by molar-refractivity contribution is -0.137. The number of hydrogen-bond acceptors (Lipinski definition) is 3. The first kappa shape index (κ1) is 13.9. The molecule has 0 saturated carbocycles. The number of nitrogen functional groups attached to an aromatic ring is 1. The van der Waals surface area contributed by atoms with Gasteiger partial charge in [-0.1, -0.05) is 12.1 Å². The van der Waals surface area contributed by atoms with Gasteiger partial charge in [0, 0.05) is 7.05 Å². The predicted octanol–water partition coefficient (Wildman–Crippen LogP) is 2.27. The predicted molar refractivity (Wildman–Crippen MR) is 67.0 cm³/mol. The Morgan fingerprint density at radius 2 is 2.00 bits per heavy atom. The van der Waals surface area contributed by atoms with Gasteiger partial charge < -0.3 is 11.1 Å². The molecule has 1 amide bonds. The van der Waals surface area contributed by atoms with Crippen LogP contribution in [0.2, 0.25) is 0 Å². The van der Waals surface area contributed by atoms with Crippen LogP contribution in [0.3, 0.4) is 0 Å². The van der Waals surface area contributed by atoms with E-state index in [-0.39, 0.29) is 11.5 Å². The third kappa shape index (κ3) is 2.58. The summed E-state index contributed by atoms with van der Waals surface area (Å²) in [6.07, 6.45) is -3.31. The standard InChI is InChI=1S/C12H11F3N4O/c1-19-10(9(16)6-17-19)18-11(20)7-4-2-3-5-8(7)12(13,14)15/h2-6H,16H2,1H3,(H,18,20). The van der Waals surface area contributed by atoms with Crippen LogP contribution in [0.15, 0.2) is 30.5 Å². The number of benzene rings is 1. The van der Waals surface area contributed by atoms with Gasteiger partial charge in [0.15, 0.2) is 5.82 Å². The number of rotatable bonds is 2. The molecule has 0 radical (unpaired) electrons. The molecule has 106 valence electrons. The molecule has 8 heteroatoms. The van der Waals surface area contributed by atoms with E-state index in [1.807, 2.05) is 0 Å². The quantitative estimate of drug-likeness (QED) is 0.888. The van der Waals surface area contributed by atoms with Gasteiger partial charge in [-0.2, -0.15) is 18.3 Å². The van der Waals surface area contributed by atoms with Gasteiger partial charge in [-0.25, -0.2) is 0 Å². The minimum absolute atomic E-state index is 0.145. The van der Waals surface area contributed by atoms with Crippen LogP contribution in [-0.2, 0) is 13.2 Å². The van der Waals surface area contributed by atoms with Crippen LogP contribution < -0.4 is 11.1 Å². The maximum Gasteiger partial charge on any atom is 0.417 e. The normalized spacial score (nSPS) is 11.4. The van der Waals surface area contributed by atoms with Crippen molar-refractivity contribution >= 4 is 17.4 Å². The van der Waals surface area contributed by atoms with E-state index in [4.69, 9.17) is 5.73 Å². The highest BCUT2D eigenvalue weighted by Gasteiger charge is 2.35. The Morgan fingerprint density at radius 1 is 1.35 bits per heavy atom. The van der Waals surface area contributed by atoms with Gasteiger partial charge in [0.2, 0.25) is 0 Å². The molecule has 0 fully saturated rings. The fourth-order valence-corrected chi connectivity index (χ4v) is 1.71. The molecule has 0 aliphatic heterocycles. The number of nitrogens with zero attached hydrogens (tertiary/aromatic N) is 2. The molecule has 1 aromatic carbocycles. The topological polar surface area (TPSA) is 72.9 Å². The van der Waals surface area contributed by atoms with Gasteiger partial charge in [0.25, 0.3) is 5.91 Å². The van der Waals surface area contributed by atoms with E-state index < -0.39 is 23.2 Å². The first-order chi connectivity index (χ1) is 9.30. The van der Waals surface area contributed by atoms with Crippen molar-refractivity contribution < 1.29 is 18.0 Å². The Balaban J connectivity index is 2.36. The van der Waals surface area contributed by atoms with Crippen LogP contribution in [-0.4, -0.2) is 15.7 Å². The summed E-state index contributed by atoms with van der Waals surface area (Å²) in [6, 6.07) is 4.53. The lowest BCUT2D eigenvalue weighted by Crippen LogP contribution is -2.20. The average molecular weight is 284 g/mol. The zero-order valence-corrected chi connectivity index (χ0v) is 10.4. The molecule has 1 aromatic heterocycles. The van der Waals surface area contributed by atoms with E-state index in [1.165, 1.54) is 30.1 Å². The van der Waals surface area contributed by atoms with Crippen molar-refractivity contribution in [2.75, 3.05) is 11.1 Å². The minimum Gasteiger partial charge on any atom is -0.394 e. The molecule has 1 heterocycles. The highest BCUT2D eigenvalue weighted by Crippen LogP contribution is 2.32. The lowest BCUT2D eigenvalue weighted by atomic mass is 10.1. The maximum atomic E-state index is 12.8. The number of anilines is 2. The van der Waals surface area contributed by atoms with Crippen LogP contribution in [0.4, 0.5) is 24.7 Å². The largest absolute Gasteiger partial charge is 0.417 e. The van der Waals surface area contributed by atoms with Crippen molar-refractivity contribution in [1.82, 2.24) is 9.78 Å². The Morgan fingerprint density at radius 3 is 2.55 bits per heavy atom. The number of aryl methyl sites for hydroxylation is 1. The number of nitrogens with one attached hydrogen (secondary N) is 1. The van der Waals surface area contributed by atoms with Crippen molar-refractivity contribution in [1.29, 1.82) is 0 Å². The Labute approximate surface area is 112 Å². The summed E-state index contributed by atoms with van der Waals surface area (Å²) in [5.41, 5.74) is 4.27. The zero-order chi connectivity index (χ0) is 14.9. The molecule has 3 N–H and O–H groups in total. The first-order valence-corrected chi connectivity index (χ1v) is 5.55. The first-order valence-electron chi connectivity index (χ1n) is 5.55. The second-order valence-electron chi connectivity index (χ2n) is 4.07. The number of hydrogen-bond donors (Lipinski definition) is 2. The minimum atomic E-state index is -4.61. The molecule has 2 aromatic rings. The summed E-state index contributed by atoms with van der Waals surface area (Å²) in [6.45, 7) is 0. The summed E-state index contributed by atoms with van der Waals surface area (Å²) in [5.74, 6) is -0.750. The number of nitrogens with two attached hydrogens (primary N) is 1. The molecule has 0 atom stereocenters. The second-order valence-corrected chi connectivity index (χ2v) is 4.07. The van der Waals surface area contributed by atoms with Gasteiger partial charge >= 0.3 is 6.18 Å². The molecule has 5 nitrogen and oxygen atoms in total. The van der Waals surface area contributed by atoms with Crippen LogP contribution in [0.1, 0.15) is 15.9 Å². The molecule has 0 unspecified atom stereocenters. The third-order valence-electron chi connectivity index (χ3n) is 2.68. The van der Waals surface area contributed by atoms with Crippen molar-refractivity contribution in [3.63, 3.8) is 0 Å². The van der Waals surface area contributed by atoms with E-state index in [0.717, 1.165) is 12.1 Å². The number of carbonyl (C=O) groups excluding carboxylic acids is 1. The van der Waals surface area contributed by atoms with Gasteiger partial charge in [-0.15, -0.1) is 0 Å². The van der Waals surface area contributed by atoms with E-state index in [0.29, 0.717) is 0 Å². The van der Waals surface area contributed by atoms with Gasteiger partial charge in [-0.3, -0.25) is 9.48 Å². The summed E-state index contributed by atoms with van der Waals surface area (Å²) < 4.78 is 39.7. The number of halogens is 3. The molecule has 2 rings (SSSR count).